The molecule has 3 aromatic carbocycles. The van der Waals surface area contributed by atoms with Gasteiger partial charge in [-0.15, -0.1) is 0 Å². The average molecular weight is 368 g/mol. The fourth-order valence-corrected chi connectivity index (χ4v) is 2.91. The van der Waals surface area contributed by atoms with Gasteiger partial charge >= 0.3 is 5.97 Å². The summed E-state index contributed by atoms with van der Waals surface area (Å²) in [5, 5.41) is 11.5. The fraction of sp³-hybridized carbons (Fsp3) is 0.190. The SMILES string of the molecule is COc1cc2cc(C(=O)OCc3ccccc3)cc(O)c2c(OC)c1OC. The highest BCUT2D eigenvalue weighted by molar-refractivity contribution is 6.02. The van der Waals surface area contributed by atoms with Gasteiger partial charge in [0, 0.05) is 0 Å². The van der Waals surface area contributed by atoms with Crippen molar-refractivity contribution in [3.8, 4) is 23.0 Å². The molecule has 1 N–H and O–H groups in total. The minimum atomic E-state index is -0.537. The number of ether oxygens (including phenoxy) is 4. The highest BCUT2D eigenvalue weighted by Gasteiger charge is 2.21. The van der Waals surface area contributed by atoms with Crippen LogP contribution in [0.1, 0.15) is 15.9 Å². The molecule has 0 saturated carbocycles. The maximum absolute atomic E-state index is 12.4. The molecule has 0 amide bonds. The van der Waals surface area contributed by atoms with Crippen LogP contribution in [-0.2, 0) is 11.3 Å². The number of aromatic hydroxyl groups is 1. The number of esters is 1. The molecule has 3 aromatic rings. The number of methoxy groups -OCH3 is 3. The molecular weight excluding hydrogens is 348 g/mol. The lowest BCUT2D eigenvalue weighted by Gasteiger charge is -2.16. The molecule has 0 atom stereocenters. The molecule has 0 bridgehead atoms. The van der Waals surface area contributed by atoms with Gasteiger partial charge in [0.1, 0.15) is 12.4 Å². The van der Waals surface area contributed by atoms with Crippen LogP contribution in [-0.4, -0.2) is 32.4 Å². The Morgan fingerprint density at radius 1 is 0.926 bits per heavy atom. The quantitative estimate of drug-likeness (QED) is 0.665. The molecule has 0 fully saturated rings. The number of hydrogen-bond acceptors (Lipinski definition) is 6. The number of rotatable bonds is 6. The normalized spacial score (nSPS) is 10.5. The minimum absolute atomic E-state index is 0.114. The van der Waals surface area contributed by atoms with Crippen molar-refractivity contribution in [2.24, 2.45) is 0 Å². The first kappa shape index (κ1) is 18.4. The third-order valence-corrected chi connectivity index (χ3v) is 4.17. The van der Waals surface area contributed by atoms with E-state index in [0.717, 1.165) is 5.56 Å². The van der Waals surface area contributed by atoms with Crippen LogP contribution in [0.3, 0.4) is 0 Å². The molecule has 0 aromatic heterocycles. The Balaban J connectivity index is 1.99. The first-order valence-electron chi connectivity index (χ1n) is 8.25. The van der Waals surface area contributed by atoms with Gasteiger partial charge < -0.3 is 24.1 Å². The fourth-order valence-electron chi connectivity index (χ4n) is 2.91. The van der Waals surface area contributed by atoms with Crippen molar-refractivity contribution in [1.29, 1.82) is 0 Å². The van der Waals surface area contributed by atoms with E-state index in [1.165, 1.54) is 27.4 Å². The molecule has 0 aliphatic heterocycles. The summed E-state index contributed by atoms with van der Waals surface area (Å²) in [4.78, 5) is 12.4. The lowest BCUT2D eigenvalue weighted by atomic mass is 10.0. The summed E-state index contributed by atoms with van der Waals surface area (Å²) < 4.78 is 21.4. The van der Waals surface area contributed by atoms with E-state index in [2.05, 4.69) is 0 Å². The molecule has 27 heavy (non-hydrogen) atoms. The second kappa shape index (κ2) is 7.86. The molecule has 3 rings (SSSR count). The topological polar surface area (TPSA) is 74.2 Å². The Labute approximate surface area is 156 Å². The van der Waals surface area contributed by atoms with Crippen molar-refractivity contribution < 1.29 is 28.8 Å². The highest BCUT2D eigenvalue weighted by Crippen LogP contribution is 2.46. The molecule has 0 saturated heterocycles. The van der Waals surface area contributed by atoms with E-state index in [1.807, 2.05) is 30.3 Å². The van der Waals surface area contributed by atoms with Gasteiger partial charge in [-0.3, -0.25) is 0 Å². The van der Waals surface area contributed by atoms with Crippen molar-refractivity contribution in [3.63, 3.8) is 0 Å². The number of hydrogen-bond donors (Lipinski definition) is 1. The predicted octanol–water partition coefficient (Wildman–Crippen LogP) is 3.93. The average Bonchev–Trinajstić information content (AvgIpc) is 2.70. The zero-order chi connectivity index (χ0) is 19.4. The number of benzene rings is 3. The number of fused-ring (bicyclic) bond motifs is 1. The molecule has 0 spiro atoms. The van der Waals surface area contributed by atoms with E-state index >= 15 is 0 Å². The number of phenols is 1. The van der Waals surface area contributed by atoms with Crippen LogP contribution in [0.25, 0.3) is 10.8 Å². The van der Waals surface area contributed by atoms with Gasteiger partial charge in [0.15, 0.2) is 11.5 Å². The molecule has 140 valence electrons. The molecule has 0 unspecified atom stereocenters. The van der Waals surface area contributed by atoms with Crippen LogP contribution >= 0.6 is 0 Å². The van der Waals surface area contributed by atoms with Crippen LogP contribution < -0.4 is 14.2 Å². The summed E-state index contributed by atoms with van der Waals surface area (Å²) in [5.74, 6) is 0.466. The number of carbonyl (C=O) groups excluding carboxylic acids is 1. The Hall–Kier alpha value is -3.41. The van der Waals surface area contributed by atoms with Crippen molar-refractivity contribution in [2.75, 3.05) is 21.3 Å². The maximum atomic E-state index is 12.4. The summed E-state index contributed by atoms with van der Waals surface area (Å²) >= 11 is 0. The van der Waals surface area contributed by atoms with Gasteiger partial charge in [0.25, 0.3) is 0 Å². The Morgan fingerprint density at radius 3 is 2.26 bits per heavy atom. The van der Waals surface area contributed by atoms with Gasteiger partial charge in [0.05, 0.1) is 32.3 Å². The Morgan fingerprint density at radius 2 is 1.63 bits per heavy atom. The third-order valence-electron chi connectivity index (χ3n) is 4.17. The summed E-state index contributed by atoms with van der Waals surface area (Å²) in [7, 11) is 4.46. The smallest absolute Gasteiger partial charge is 0.338 e. The standard InChI is InChI=1S/C21H20O6/c1-24-17-11-14-9-15(21(23)27-12-13-7-5-4-6-8-13)10-16(22)18(14)20(26-3)19(17)25-2/h4-11,22H,12H2,1-3H3. The van der Waals surface area contributed by atoms with Crippen LogP contribution in [0.5, 0.6) is 23.0 Å². The molecular formula is C21H20O6. The van der Waals surface area contributed by atoms with E-state index in [1.54, 1.807) is 12.1 Å². The van der Waals surface area contributed by atoms with Crippen LogP contribution in [0.4, 0.5) is 0 Å². The van der Waals surface area contributed by atoms with Crippen molar-refractivity contribution in [2.45, 2.75) is 6.61 Å². The summed E-state index contributed by atoms with van der Waals surface area (Å²) in [6.45, 7) is 0.147. The number of phenolic OH excluding ortho intramolecular Hbond substituents is 1. The van der Waals surface area contributed by atoms with Crippen LogP contribution in [0, 0.1) is 0 Å². The Bertz CT molecular complexity index is 966. The second-order valence-electron chi connectivity index (χ2n) is 5.80. The molecule has 0 radical (unpaired) electrons. The predicted molar refractivity (Wildman–Crippen MR) is 101 cm³/mol. The molecule has 6 heteroatoms. The first-order chi connectivity index (χ1) is 13.1. The lowest BCUT2D eigenvalue weighted by Crippen LogP contribution is -2.05. The zero-order valence-electron chi connectivity index (χ0n) is 15.3. The second-order valence-corrected chi connectivity index (χ2v) is 5.80. The van der Waals surface area contributed by atoms with E-state index in [0.29, 0.717) is 28.0 Å². The highest BCUT2D eigenvalue weighted by atomic mass is 16.5. The molecule has 0 aliphatic carbocycles. The lowest BCUT2D eigenvalue weighted by molar-refractivity contribution is 0.0472. The largest absolute Gasteiger partial charge is 0.507 e. The molecule has 0 aliphatic rings. The first-order valence-corrected chi connectivity index (χ1v) is 8.25. The van der Waals surface area contributed by atoms with E-state index < -0.39 is 5.97 Å². The van der Waals surface area contributed by atoms with E-state index in [-0.39, 0.29) is 17.9 Å². The Kier molecular flexibility index (Phi) is 5.35. The van der Waals surface area contributed by atoms with Crippen molar-refractivity contribution >= 4 is 16.7 Å². The minimum Gasteiger partial charge on any atom is -0.507 e. The van der Waals surface area contributed by atoms with Gasteiger partial charge in [-0.25, -0.2) is 4.79 Å². The monoisotopic (exact) mass is 368 g/mol. The van der Waals surface area contributed by atoms with Gasteiger partial charge in [-0.05, 0) is 29.1 Å². The summed E-state index contributed by atoms with van der Waals surface area (Å²) in [6.07, 6.45) is 0. The van der Waals surface area contributed by atoms with Gasteiger partial charge in [-0.2, -0.15) is 0 Å². The maximum Gasteiger partial charge on any atom is 0.338 e. The number of carbonyl (C=O) groups is 1. The third kappa shape index (κ3) is 3.60. The van der Waals surface area contributed by atoms with Crippen LogP contribution in [0.15, 0.2) is 48.5 Å². The van der Waals surface area contributed by atoms with Gasteiger partial charge in [-0.1, -0.05) is 30.3 Å². The van der Waals surface area contributed by atoms with Crippen molar-refractivity contribution in [1.82, 2.24) is 0 Å². The van der Waals surface area contributed by atoms with Crippen molar-refractivity contribution in [3.05, 3.63) is 59.7 Å². The van der Waals surface area contributed by atoms with Gasteiger partial charge in [0.2, 0.25) is 5.75 Å². The summed E-state index contributed by atoms with van der Waals surface area (Å²) in [5.41, 5.74) is 1.11. The van der Waals surface area contributed by atoms with E-state index in [4.69, 9.17) is 18.9 Å². The molecule has 6 nitrogen and oxygen atoms in total. The molecule has 0 heterocycles. The van der Waals surface area contributed by atoms with Crippen LogP contribution in [0.2, 0.25) is 0 Å². The summed E-state index contributed by atoms with van der Waals surface area (Å²) in [6, 6.07) is 14.0. The zero-order valence-corrected chi connectivity index (χ0v) is 15.3. The van der Waals surface area contributed by atoms with E-state index in [9.17, 15) is 9.90 Å².